The fourth-order valence-electron chi connectivity index (χ4n) is 3.81. The highest BCUT2D eigenvalue weighted by Gasteiger charge is 2.42. The summed E-state index contributed by atoms with van der Waals surface area (Å²) in [6.45, 7) is 4.66. The minimum atomic E-state index is -0.722. The first-order valence-electron chi connectivity index (χ1n) is 9.91. The number of carbonyl (C=O) groups is 1. The Morgan fingerprint density at radius 1 is 1.13 bits per heavy atom. The van der Waals surface area contributed by atoms with Gasteiger partial charge < -0.3 is 14.1 Å². The number of hydrogen-bond acceptors (Lipinski definition) is 4. The summed E-state index contributed by atoms with van der Waals surface area (Å²) in [5.74, 6) is -0.998. The Morgan fingerprint density at radius 3 is 2.61 bits per heavy atom. The maximum absolute atomic E-state index is 13.8. The van der Waals surface area contributed by atoms with Crippen molar-refractivity contribution < 1.29 is 18.3 Å². The second-order valence-electron chi connectivity index (χ2n) is 7.66. The molecule has 0 bridgehead atoms. The molecule has 2 heterocycles. The largest absolute Gasteiger partial charge is 0.450 e. The third kappa shape index (κ3) is 4.07. The van der Waals surface area contributed by atoms with Crippen LogP contribution in [0.15, 0.2) is 45.6 Å². The maximum Gasteiger partial charge on any atom is 0.290 e. The van der Waals surface area contributed by atoms with Gasteiger partial charge >= 0.3 is 0 Å². The molecule has 5 nitrogen and oxygen atoms in total. The predicted molar refractivity (Wildman–Crippen MR) is 117 cm³/mol. The van der Waals surface area contributed by atoms with Gasteiger partial charge in [0.2, 0.25) is 5.76 Å². The molecule has 4 rings (SSSR count). The molecule has 8 heteroatoms. The smallest absolute Gasteiger partial charge is 0.290 e. The number of benzene rings is 2. The number of nitrogens with zero attached hydrogens (tertiary/aromatic N) is 1. The van der Waals surface area contributed by atoms with Crippen LogP contribution >= 0.6 is 23.2 Å². The summed E-state index contributed by atoms with van der Waals surface area (Å²) in [5, 5.41) is 0.750. The van der Waals surface area contributed by atoms with E-state index in [0.717, 1.165) is 6.07 Å². The molecule has 162 valence electrons. The SMILES string of the molecule is CC(C)OCCCN1C(=O)c2oc3ccc(F)cc3c(=O)c2C1c1ccc(Cl)c(Cl)c1. The highest BCUT2D eigenvalue weighted by molar-refractivity contribution is 6.42. The normalized spacial score (nSPS) is 15.9. The molecular weight excluding hydrogens is 444 g/mol. The van der Waals surface area contributed by atoms with Crippen LogP contribution < -0.4 is 5.43 Å². The molecule has 0 spiro atoms. The third-order valence-corrected chi connectivity index (χ3v) is 5.92. The van der Waals surface area contributed by atoms with Crippen molar-refractivity contribution in [3.05, 3.63) is 79.4 Å². The van der Waals surface area contributed by atoms with Crippen LogP contribution in [0, 0.1) is 5.82 Å². The number of fused-ring (bicyclic) bond motifs is 2. The van der Waals surface area contributed by atoms with Gasteiger partial charge in [0.05, 0.1) is 33.1 Å². The summed E-state index contributed by atoms with van der Waals surface area (Å²) >= 11 is 12.3. The number of halogens is 3. The molecule has 0 fully saturated rings. The molecule has 1 amide bonds. The number of hydrogen-bond donors (Lipinski definition) is 0. The Bertz CT molecular complexity index is 1220. The summed E-state index contributed by atoms with van der Waals surface area (Å²) in [4.78, 5) is 28.1. The molecule has 0 radical (unpaired) electrons. The van der Waals surface area contributed by atoms with Crippen LogP contribution in [-0.4, -0.2) is 30.1 Å². The van der Waals surface area contributed by atoms with Gasteiger partial charge in [-0.15, -0.1) is 0 Å². The molecule has 1 aromatic heterocycles. The summed E-state index contributed by atoms with van der Waals surface area (Å²) < 4.78 is 25.2. The molecular formula is C23H20Cl2FNO4. The van der Waals surface area contributed by atoms with Crippen molar-refractivity contribution in [1.29, 1.82) is 0 Å². The van der Waals surface area contributed by atoms with E-state index in [1.54, 1.807) is 23.1 Å². The summed E-state index contributed by atoms with van der Waals surface area (Å²) in [6, 6.07) is 7.90. The van der Waals surface area contributed by atoms with Crippen molar-refractivity contribution in [2.45, 2.75) is 32.4 Å². The highest BCUT2D eigenvalue weighted by Crippen LogP contribution is 2.39. The molecule has 31 heavy (non-hydrogen) atoms. The average molecular weight is 464 g/mol. The summed E-state index contributed by atoms with van der Waals surface area (Å²) in [7, 11) is 0. The van der Waals surface area contributed by atoms with Gasteiger partial charge in [-0.2, -0.15) is 0 Å². The first kappa shape index (κ1) is 21.8. The van der Waals surface area contributed by atoms with E-state index in [1.165, 1.54) is 12.1 Å². The molecule has 3 aromatic rings. The van der Waals surface area contributed by atoms with Gasteiger partial charge in [-0.25, -0.2) is 4.39 Å². The van der Waals surface area contributed by atoms with E-state index in [4.69, 9.17) is 32.4 Å². The van der Waals surface area contributed by atoms with Gasteiger partial charge in [-0.3, -0.25) is 9.59 Å². The molecule has 0 saturated carbocycles. The zero-order valence-corrected chi connectivity index (χ0v) is 18.5. The lowest BCUT2D eigenvalue weighted by molar-refractivity contribution is 0.0593. The van der Waals surface area contributed by atoms with Crippen LogP contribution in [0.4, 0.5) is 4.39 Å². The second-order valence-corrected chi connectivity index (χ2v) is 8.48. The molecule has 0 aliphatic carbocycles. The van der Waals surface area contributed by atoms with Crippen LogP contribution in [-0.2, 0) is 4.74 Å². The lowest BCUT2D eigenvalue weighted by Crippen LogP contribution is -2.31. The van der Waals surface area contributed by atoms with Gasteiger partial charge in [0.1, 0.15) is 11.4 Å². The molecule has 0 saturated heterocycles. The standard InChI is InChI=1S/C23H20Cl2FNO4/c1-12(2)30-9-3-8-27-20(13-4-6-16(24)17(25)10-13)19-21(28)15-11-14(26)5-7-18(15)31-22(19)23(27)29/h4-7,10-12,20H,3,8-9H2,1-2H3. The zero-order chi connectivity index (χ0) is 22.3. The predicted octanol–water partition coefficient (Wildman–Crippen LogP) is 5.60. The Morgan fingerprint density at radius 2 is 1.90 bits per heavy atom. The van der Waals surface area contributed by atoms with Crippen molar-refractivity contribution in [1.82, 2.24) is 4.90 Å². The van der Waals surface area contributed by atoms with Gasteiger partial charge in [0.25, 0.3) is 5.91 Å². The van der Waals surface area contributed by atoms with Gasteiger partial charge in [-0.05, 0) is 56.2 Å². The minimum absolute atomic E-state index is 0.0371. The molecule has 1 atom stereocenters. The van der Waals surface area contributed by atoms with Crippen molar-refractivity contribution in [2.75, 3.05) is 13.2 Å². The maximum atomic E-state index is 13.8. The Labute approximate surface area is 188 Å². The van der Waals surface area contributed by atoms with E-state index in [9.17, 15) is 14.0 Å². The van der Waals surface area contributed by atoms with Gasteiger partial charge in [0, 0.05) is 13.2 Å². The van der Waals surface area contributed by atoms with E-state index < -0.39 is 23.2 Å². The molecule has 1 aliphatic heterocycles. The fraction of sp³-hybridized carbons (Fsp3) is 0.304. The van der Waals surface area contributed by atoms with E-state index in [1.807, 2.05) is 13.8 Å². The lowest BCUT2D eigenvalue weighted by atomic mass is 9.98. The topological polar surface area (TPSA) is 59.8 Å². The van der Waals surface area contributed by atoms with Crippen molar-refractivity contribution >= 4 is 40.1 Å². The highest BCUT2D eigenvalue weighted by atomic mass is 35.5. The summed E-state index contributed by atoms with van der Waals surface area (Å²) in [6.07, 6.45) is 0.638. The molecule has 1 aliphatic rings. The van der Waals surface area contributed by atoms with Crippen LogP contribution in [0.3, 0.4) is 0 Å². The van der Waals surface area contributed by atoms with E-state index in [2.05, 4.69) is 0 Å². The van der Waals surface area contributed by atoms with E-state index >= 15 is 0 Å². The zero-order valence-electron chi connectivity index (χ0n) is 17.0. The average Bonchev–Trinajstić information content (AvgIpc) is 3.00. The third-order valence-electron chi connectivity index (χ3n) is 5.18. The van der Waals surface area contributed by atoms with E-state index in [-0.39, 0.29) is 28.4 Å². The molecule has 2 aromatic carbocycles. The van der Waals surface area contributed by atoms with Crippen molar-refractivity contribution in [3.8, 4) is 0 Å². The minimum Gasteiger partial charge on any atom is -0.450 e. The number of carbonyl (C=O) groups excluding carboxylic acids is 1. The first-order valence-corrected chi connectivity index (χ1v) is 10.7. The Hall–Kier alpha value is -2.41. The van der Waals surface area contributed by atoms with Gasteiger partial charge in [0.15, 0.2) is 5.43 Å². The Kier molecular flexibility index (Phi) is 6.06. The van der Waals surface area contributed by atoms with Crippen LogP contribution in [0.25, 0.3) is 11.0 Å². The Balaban J connectivity index is 1.84. The van der Waals surface area contributed by atoms with Crippen LogP contribution in [0.2, 0.25) is 10.0 Å². The number of ether oxygens (including phenoxy) is 1. The van der Waals surface area contributed by atoms with E-state index in [0.29, 0.717) is 35.2 Å². The summed E-state index contributed by atoms with van der Waals surface area (Å²) in [5.41, 5.74) is 0.512. The quantitative estimate of drug-likeness (QED) is 0.446. The number of amides is 1. The lowest BCUT2D eigenvalue weighted by Gasteiger charge is -2.25. The van der Waals surface area contributed by atoms with Crippen molar-refractivity contribution in [3.63, 3.8) is 0 Å². The monoisotopic (exact) mass is 463 g/mol. The second kappa shape index (κ2) is 8.61. The van der Waals surface area contributed by atoms with Crippen LogP contribution in [0.5, 0.6) is 0 Å². The molecule has 0 N–H and O–H groups in total. The number of rotatable bonds is 6. The first-order chi connectivity index (χ1) is 14.8. The van der Waals surface area contributed by atoms with Gasteiger partial charge in [-0.1, -0.05) is 29.3 Å². The van der Waals surface area contributed by atoms with Crippen LogP contribution in [0.1, 0.15) is 48.0 Å². The fourth-order valence-corrected chi connectivity index (χ4v) is 4.11. The molecule has 1 unspecified atom stereocenters. The van der Waals surface area contributed by atoms with Crippen molar-refractivity contribution in [2.24, 2.45) is 0 Å².